The van der Waals surface area contributed by atoms with Crippen LogP contribution in [0.15, 0.2) is 27.8 Å². The van der Waals surface area contributed by atoms with E-state index in [2.05, 4.69) is 10.2 Å². The molecule has 2 aromatic rings. The zero-order valence-corrected chi connectivity index (χ0v) is 10.2. The molecular weight excluding hydrogens is 259 g/mol. The SMILES string of the molecule is Cc1nnc(SCc2ccc(C(=O)O)c(F)c2)o1. The average Bonchev–Trinajstić information content (AvgIpc) is 2.72. The Bertz CT molecular complexity index is 585. The number of benzene rings is 1. The van der Waals surface area contributed by atoms with Crippen LogP contribution < -0.4 is 0 Å². The topological polar surface area (TPSA) is 76.2 Å². The molecule has 0 aliphatic rings. The second-order valence-corrected chi connectivity index (χ2v) is 4.42. The summed E-state index contributed by atoms with van der Waals surface area (Å²) >= 11 is 1.26. The molecule has 0 saturated heterocycles. The first-order valence-electron chi connectivity index (χ1n) is 5.01. The van der Waals surface area contributed by atoms with Gasteiger partial charge in [0.2, 0.25) is 5.89 Å². The third-order valence-electron chi connectivity index (χ3n) is 2.13. The van der Waals surface area contributed by atoms with Crippen LogP contribution in [0.4, 0.5) is 4.39 Å². The van der Waals surface area contributed by atoms with Crippen molar-refractivity contribution in [3.8, 4) is 0 Å². The highest BCUT2D eigenvalue weighted by Crippen LogP contribution is 2.22. The van der Waals surface area contributed by atoms with Gasteiger partial charge in [0.25, 0.3) is 5.22 Å². The second kappa shape index (κ2) is 5.18. The summed E-state index contributed by atoms with van der Waals surface area (Å²) in [6.45, 7) is 1.68. The summed E-state index contributed by atoms with van der Waals surface area (Å²) in [5.41, 5.74) is 0.315. The van der Waals surface area contributed by atoms with E-state index in [1.165, 1.54) is 23.9 Å². The zero-order valence-electron chi connectivity index (χ0n) is 9.38. The summed E-state index contributed by atoms with van der Waals surface area (Å²) < 4.78 is 18.5. The molecule has 0 aliphatic carbocycles. The molecule has 0 bridgehead atoms. The minimum atomic E-state index is -1.28. The highest BCUT2D eigenvalue weighted by Gasteiger charge is 2.11. The predicted octanol–water partition coefficient (Wildman–Crippen LogP) is 2.51. The first kappa shape index (κ1) is 12.6. The third-order valence-corrected chi connectivity index (χ3v) is 3.02. The van der Waals surface area contributed by atoms with Crippen LogP contribution in [0.5, 0.6) is 0 Å². The van der Waals surface area contributed by atoms with Gasteiger partial charge < -0.3 is 9.52 Å². The number of carboxylic acids is 1. The zero-order chi connectivity index (χ0) is 13.1. The molecular formula is C11H9FN2O3S. The highest BCUT2D eigenvalue weighted by atomic mass is 32.2. The Balaban J connectivity index is 2.06. The largest absolute Gasteiger partial charge is 0.478 e. The first-order chi connectivity index (χ1) is 8.56. The molecule has 0 radical (unpaired) electrons. The number of rotatable bonds is 4. The lowest BCUT2D eigenvalue weighted by Crippen LogP contribution is -2.00. The lowest BCUT2D eigenvalue weighted by atomic mass is 10.1. The number of carbonyl (C=O) groups is 1. The fourth-order valence-electron chi connectivity index (χ4n) is 1.30. The molecule has 2 rings (SSSR count). The van der Waals surface area contributed by atoms with Gasteiger partial charge in [-0.1, -0.05) is 17.8 Å². The molecule has 1 aromatic carbocycles. The van der Waals surface area contributed by atoms with E-state index in [0.29, 0.717) is 22.4 Å². The van der Waals surface area contributed by atoms with Gasteiger partial charge in [0.05, 0.1) is 5.56 Å². The van der Waals surface area contributed by atoms with E-state index in [1.54, 1.807) is 13.0 Å². The predicted molar refractivity (Wildman–Crippen MR) is 62.0 cm³/mol. The molecule has 94 valence electrons. The molecule has 18 heavy (non-hydrogen) atoms. The van der Waals surface area contributed by atoms with Crippen LogP contribution in [0.2, 0.25) is 0 Å². The van der Waals surface area contributed by atoms with Gasteiger partial charge in [0, 0.05) is 12.7 Å². The van der Waals surface area contributed by atoms with Crippen molar-refractivity contribution in [3.63, 3.8) is 0 Å². The van der Waals surface area contributed by atoms with Crippen LogP contribution in [0.25, 0.3) is 0 Å². The molecule has 0 atom stereocenters. The monoisotopic (exact) mass is 268 g/mol. The molecule has 0 saturated carbocycles. The van der Waals surface area contributed by atoms with Crippen LogP contribution in [-0.2, 0) is 5.75 Å². The maximum atomic E-state index is 13.4. The van der Waals surface area contributed by atoms with Crippen molar-refractivity contribution in [1.82, 2.24) is 10.2 Å². The van der Waals surface area contributed by atoms with E-state index in [0.717, 1.165) is 0 Å². The molecule has 1 aromatic heterocycles. The van der Waals surface area contributed by atoms with Crippen LogP contribution in [0.3, 0.4) is 0 Å². The van der Waals surface area contributed by atoms with Crippen molar-refractivity contribution < 1.29 is 18.7 Å². The Morgan fingerprint density at radius 2 is 2.28 bits per heavy atom. The van der Waals surface area contributed by atoms with Crippen LogP contribution in [0.1, 0.15) is 21.8 Å². The minimum Gasteiger partial charge on any atom is -0.478 e. The van der Waals surface area contributed by atoms with Gasteiger partial charge >= 0.3 is 5.97 Å². The molecule has 0 spiro atoms. The number of nitrogens with zero attached hydrogens (tertiary/aromatic N) is 2. The maximum absolute atomic E-state index is 13.4. The van der Waals surface area contributed by atoms with E-state index < -0.39 is 11.8 Å². The van der Waals surface area contributed by atoms with Gasteiger partial charge in [-0.3, -0.25) is 0 Å². The summed E-state index contributed by atoms with van der Waals surface area (Å²) in [6, 6.07) is 4.00. The third kappa shape index (κ3) is 2.86. The standard InChI is InChI=1S/C11H9FN2O3S/c1-6-13-14-11(17-6)18-5-7-2-3-8(10(15)16)9(12)4-7/h2-4H,5H2,1H3,(H,15,16). The number of halogens is 1. The summed E-state index contributed by atoms with van der Waals surface area (Å²) in [5.74, 6) is -1.13. The normalized spacial score (nSPS) is 10.6. The van der Waals surface area contributed by atoms with Crippen molar-refractivity contribution in [2.75, 3.05) is 0 Å². The van der Waals surface area contributed by atoms with Crippen LogP contribution in [0, 0.1) is 12.7 Å². The van der Waals surface area contributed by atoms with Crippen molar-refractivity contribution in [1.29, 1.82) is 0 Å². The quantitative estimate of drug-likeness (QED) is 0.858. The highest BCUT2D eigenvalue weighted by molar-refractivity contribution is 7.98. The smallest absolute Gasteiger partial charge is 0.338 e. The van der Waals surface area contributed by atoms with Gasteiger partial charge in [-0.05, 0) is 17.7 Å². The lowest BCUT2D eigenvalue weighted by Gasteiger charge is -2.01. The maximum Gasteiger partial charge on any atom is 0.338 e. The summed E-state index contributed by atoms with van der Waals surface area (Å²) in [4.78, 5) is 10.6. The van der Waals surface area contributed by atoms with E-state index in [1.807, 2.05) is 0 Å². The number of aryl methyl sites for hydroxylation is 1. The second-order valence-electron chi connectivity index (χ2n) is 3.50. The molecule has 0 amide bonds. The Labute approximate surface area is 106 Å². The Morgan fingerprint density at radius 3 is 2.83 bits per heavy atom. The van der Waals surface area contributed by atoms with Crippen molar-refractivity contribution in [3.05, 3.63) is 41.0 Å². The number of aromatic carboxylic acids is 1. The van der Waals surface area contributed by atoms with Crippen LogP contribution in [-0.4, -0.2) is 21.3 Å². The number of aromatic nitrogens is 2. The minimum absolute atomic E-state index is 0.336. The number of thioether (sulfide) groups is 1. The fourth-order valence-corrected chi connectivity index (χ4v) is 2.05. The lowest BCUT2D eigenvalue weighted by molar-refractivity contribution is 0.0692. The van der Waals surface area contributed by atoms with Crippen LogP contribution >= 0.6 is 11.8 Å². The molecule has 0 unspecified atom stereocenters. The molecule has 5 nitrogen and oxygen atoms in total. The Hall–Kier alpha value is -1.89. The summed E-state index contributed by atoms with van der Waals surface area (Å²) in [5, 5.41) is 16.5. The Kier molecular flexibility index (Phi) is 3.61. The van der Waals surface area contributed by atoms with Gasteiger partial charge in [-0.25, -0.2) is 9.18 Å². The number of hydrogen-bond donors (Lipinski definition) is 1. The summed E-state index contributed by atoms with van der Waals surface area (Å²) in [6.07, 6.45) is 0. The van der Waals surface area contributed by atoms with Crippen molar-refractivity contribution >= 4 is 17.7 Å². The molecule has 1 N–H and O–H groups in total. The Morgan fingerprint density at radius 1 is 1.50 bits per heavy atom. The van der Waals surface area contributed by atoms with Gasteiger partial charge in [0.1, 0.15) is 5.82 Å². The summed E-state index contributed by atoms with van der Waals surface area (Å²) in [7, 11) is 0. The van der Waals surface area contributed by atoms with Crippen molar-refractivity contribution in [2.45, 2.75) is 17.9 Å². The van der Waals surface area contributed by atoms with E-state index in [4.69, 9.17) is 9.52 Å². The first-order valence-corrected chi connectivity index (χ1v) is 5.99. The van der Waals surface area contributed by atoms with E-state index in [-0.39, 0.29) is 5.56 Å². The molecule has 0 aliphatic heterocycles. The number of carboxylic acid groups (broad SMARTS) is 1. The molecule has 0 fully saturated rings. The van der Waals surface area contributed by atoms with Crippen molar-refractivity contribution in [2.24, 2.45) is 0 Å². The average molecular weight is 268 g/mol. The van der Waals surface area contributed by atoms with Gasteiger partial charge in [0.15, 0.2) is 0 Å². The fraction of sp³-hybridized carbons (Fsp3) is 0.182. The number of hydrogen-bond acceptors (Lipinski definition) is 5. The molecule has 7 heteroatoms. The van der Waals surface area contributed by atoms with Gasteiger partial charge in [-0.15, -0.1) is 10.2 Å². The molecule has 1 heterocycles. The van der Waals surface area contributed by atoms with Gasteiger partial charge in [-0.2, -0.15) is 0 Å². The van der Waals surface area contributed by atoms with E-state index in [9.17, 15) is 9.18 Å². The van der Waals surface area contributed by atoms with E-state index >= 15 is 0 Å².